The molecular formula is C18H19ClFNO2. The average Bonchev–Trinajstić information content (AvgIpc) is 2.53. The first-order chi connectivity index (χ1) is 11.0. The normalized spacial score (nSPS) is 18.2. The minimum Gasteiger partial charge on any atom is -0.471 e. The van der Waals surface area contributed by atoms with Crippen LogP contribution in [0.3, 0.4) is 0 Å². The average molecular weight is 336 g/mol. The van der Waals surface area contributed by atoms with Crippen molar-refractivity contribution in [3.63, 3.8) is 0 Å². The summed E-state index contributed by atoms with van der Waals surface area (Å²) in [6.07, 6.45) is 1.21. The van der Waals surface area contributed by atoms with Crippen molar-refractivity contribution < 1.29 is 14.2 Å². The van der Waals surface area contributed by atoms with Crippen molar-refractivity contribution >= 4 is 11.6 Å². The highest BCUT2D eigenvalue weighted by Gasteiger charge is 2.28. The maximum atomic E-state index is 14.5. The molecule has 0 saturated carbocycles. The minimum atomic E-state index is -0.590. The molecule has 0 radical (unpaired) electrons. The van der Waals surface area contributed by atoms with E-state index in [1.54, 1.807) is 25.1 Å². The number of rotatable bonds is 3. The van der Waals surface area contributed by atoms with E-state index >= 15 is 0 Å². The van der Waals surface area contributed by atoms with Gasteiger partial charge in [-0.25, -0.2) is 9.37 Å². The molecule has 1 aliphatic heterocycles. The molecule has 0 amide bonds. The van der Waals surface area contributed by atoms with Crippen molar-refractivity contribution in [2.45, 2.75) is 45.3 Å². The monoisotopic (exact) mass is 335 g/mol. The third kappa shape index (κ3) is 3.19. The number of aryl methyl sites for hydroxylation is 1. The van der Waals surface area contributed by atoms with E-state index in [9.17, 15) is 9.50 Å². The van der Waals surface area contributed by atoms with E-state index < -0.39 is 6.10 Å². The number of benzene rings is 1. The van der Waals surface area contributed by atoms with Crippen LogP contribution in [0.2, 0.25) is 5.15 Å². The maximum absolute atomic E-state index is 14.5. The van der Waals surface area contributed by atoms with Gasteiger partial charge in [0.15, 0.2) is 0 Å². The van der Waals surface area contributed by atoms with Crippen LogP contribution in [0.15, 0.2) is 24.3 Å². The van der Waals surface area contributed by atoms with Gasteiger partial charge in [-0.15, -0.1) is 0 Å². The smallest absolute Gasteiger partial charge is 0.218 e. The molecule has 2 aromatic rings. The molecule has 3 rings (SSSR count). The molecule has 0 spiro atoms. The Bertz CT molecular complexity index is 733. The topological polar surface area (TPSA) is 42.4 Å². The first kappa shape index (κ1) is 16.2. The lowest BCUT2D eigenvalue weighted by molar-refractivity contribution is 0.0325. The molecule has 0 saturated heterocycles. The van der Waals surface area contributed by atoms with Crippen molar-refractivity contribution in [2.24, 2.45) is 0 Å². The second-order valence-corrected chi connectivity index (χ2v) is 6.27. The fourth-order valence-electron chi connectivity index (χ4n) is 2.92. The van der Waals surface area contributed by atoms with Gasteiger partial charge in [-0.2, -0.15) is 0 Å². The summed E-state index contributed by atoms with van der Waals surface area (Å²) in [5.74, 6) is 0.120. The quantitative estimate of drug-likeness (QED) is 0.856. The molecule has 2 heterocycles. The largest absolute Gasteiger partial charge is 0.471 e. The van der Waals surface area contributed by atoms with Crippen molar-refractivity contribution in [1.29, 1.82) is 0 Å². The zero-order valence-electron chi connectivity index (χ0n) is 13.1. The number of aromatic nitrogens is 1. The fraction of sp³-hybridized carbons (Fsp3) is 0.389. The number of nitrogens with zero attached hydrogens (tertiary/aromatic N) is 1. The number of hydrogen-bond acceptors (Lipinski definition) is 3. The summed E-state index contributed by atoms with van der Waals surface area (Å²) in [5.41, 5.74) is 3.01. The highest BCUT2D eigenvalue weighted by Crippen LogP contribution is 2.38. The molecule has 5 heteroatoms. The molecule has 122 valence electrons. The van der Waals surface area contributed by atoms with Gasteiger partial charge in [0.25, 0.3) is 0 Å². The predicted octanol–water partition coefficient (Wildman–Crippen LogP) is 4.18. The highest BCUT2D eigenvalue weighted by atomic mass is 35.5. The number of aliphatic hydroxyl groups is 1. The van der Waals surface area contributed by atoms with Gasteiger partial charge < -0.3 is 9.84 Å². The van der Waals surface area contributed by atoms with Crippen molar-refractivity contribution in [3.8, 4) is 17.0 Å². The number of ether oxygens (including phenoxy) is 1. The number of pyridine rings is 1. The zero-order valence-corrected chi connectivity index (χ0v) is 13.9. The molecule has 2 atom stereocenters. The van der Waals surface area contributed by atoms with Crippen LogP contribution in [0, 0.1) is 5.82 Å². The molecule has 1 aromatic carbocycles. The van der Waals surface area contributed by atoms with E-state index in [2.05, 4.69) is 4.98 Å². The summed E-state index contributed by atoms with van der Waals surface area (Å²) < 4.78 is 20.2. The third-order valence-corrected chi connectivity index (χ3v) is 4.46. The molecule has 1 aliphatic rings. The Labute approximate surface area is 140 Å². The predicted molar refractivity (Wildman–Crippen MR) is 88.4 cm³/mol. The van der Waals surface area contributed by atoms with E-state index in [-0.39, 0.29) is 17.1 Å². The summed E-state index contributed by atoms with van der Waals surface area (Å²) >= 11 is 6.09. The molecule has 2 unspecified atom stereocenters. The molecule has 23 heavy (non-hydrogen) atoms. The Hall–Kier alpha value is -1.65. The standard InChI is InChI=1S/C18H19ClFNO2/c1-3-11-4-5-12(15(20)8-11)14-9-17(19)21-18-13(14)6-7-16(23-18)10(2)22/h4-5,8-10,16,22H,3,6-7H2,1-2H3. The molecule has 0 fully saturated rings. The number of aliphatic hydroxyl groups excluding tert-OH is 1. The van der Waals surface area contributed by atoms with E-state index in [4.69, 9.17) is 16.3 Å². The first-order valence-electron chi connectivity index (χ1n) is 7.82. The Morgan fingerprint density at radius 3 is 2.83 bits per heavy atom. The Balaban J connectivity index is 2.08. The number of halogens is 2. The van der Waals surface area contributed by atoms with E-state index in [0.717, 1.165) is 17.5 Å². The van der Waals surface area contributed by atoms with Gasteiger partial charge in [-0.05, 0) is 49.4 Å². The highest BCUT2D eigenvalue weighted by molar-refractivity contribution is 6.29. The van der Waals surface area contributed by atoms with Crippen molar-refractivity contribution in [3.05, 3.63) is 46.4 Å². The van der Waals surface area contributed by atoms with Gasteiger partial charge in [0, 0.05) is 11.1 Å². The van der Waals surface area contributed by atoms with Gasteiger partial charge in [0.05, 0.1) is 6.10 Å². The summed E-state index contributed by atoms with van der Waals surface area (Å²) in [5, 5.41) is 9.97. The maximum Gasteiger partial charge on any atom is 0.218 e. The van der Waals surface area contributed by atoms with Crippen LogP contribution in [0.1, 0.15) is 31.4 Å². The third-order valence-electron chi connectivity index (χ3n) is 4.27. The Morgan fingerprint density at radius 2 is 2.17 bits per heavy atom. The van der Waals surface area contributed by atoms with Crippen LogP contribution < -0.4 is 4.74 Å². The van der Waals surface area contributed by atoms with E-state index in [1.807, 2.05) is 13.0 Å². The van der Waals surface area contributed by atoms with Crippen LogP contribution in [-0.4, -0.2) is 22.3 Å². The lowest BCUT2D eigenvalue weighted by Crippen LogP contribution is -2.33. The summed E-state index contributed by atoms with van der Waals surface area (Å²) in [6.45, 7) is 3.67. The Morgan fingerprint density at radius 1 is 1.39 bits per heavy atom. The second kappa shape index (κ2) is 6.46. The van der Waals surface area contributed by atoms with Crippen LogP contribution in [0.4, 0.5) is 4.39 Å². The summed E-state index contributed by atoms with van der Waals surface area (Å²) in [4.78, 5) is 4.21. The number of fused-ring (bicyclic) bond motifs is 1. The SMILES string of the molecule is CCc1ccc(-c2cc(Cl)nc3c2CCC(C(C)O)O3)c(F)c1. The lowest BCUT2D eigenvalue weighted by atomic mass is 9.93. The molecule has 3 nitrogen and oxygen atoms in total. The minimum absolute atomic E-state index is 0.254. The van der Waals surface area contributed by atoms with E-state index in [1.165, 1.54) is 0 Å². The molecular weight excluding hydrogens is 317 g/mol. The van der Waals surface area contributed by atoms with Crippen LogP contribution in [0.5, 0.6) is 5.88 Å². The Kier molecular flexibility index (Phi) is 4.55. The first-order valence-corrected chi connectivity index (χ1v) is 8.20. The van der Waals surface area contributed by atoms with Gasteiger partial charge in [-0.3, -0.25) is 0 Å². The van der Waals surface area contributed by atoms with Crippen LogP contribution in [-0.2, 0) is 12.8 Å². The zero-order chi connectivity index (χ0) is 16.6. The second-order valence-electron chi connectivity index (χ2n) is 5.88. The van der Waals surface area contributed by atoms with Gasteiger partial charge in [0.1, 0.15) is 17.1 Å². The lowest BCUT2D eigenvalue weighted by Gasteiger charge is -2.28. The molecule has 0 aliphatic carbocycles. The summed E-state index contributed by atoms with van der Waals surface area (Å²) in [6, 6.07) is 6.93. The van der Waals surface area contributed by atoms with Crippen LogP contribution >= 0.6 is 11.6 Å². The van der Waals surface area contributed by atoms with Gasteiger partial charge >= 0.3 is 0 Å². The molecule has 1 N–H and O–H groups in total. The van der Waals surface area contributed by atoms with Gasteiger partial charge in [-0.1, -0.05) is 30.7 Å². The summed E-state index contributed by atoms with van der Waals surface area (Å²) in [7, 11) is 0. The van der Waals surface area contributed by atoms with Gasteiger partial charge in [0.2, 0.25) is 5.88 Å². The van der Waals surface area contributed by atoms with E-state index in [0.29, 0.717) is 29.8 Å². The van der Waals surface area contributed by atoms with Crippen LogP contribution in [0.25, 0.3) is 11.1 Å². The fourth-order valence-corrected chi connectivity index (χ4v) is 3.11. The molecule has 1 aromatic heterocycles. The van der Waals surface area contributed by atoms with Crippen molar-refractivity contribution in [2.75, 3.05) is 0 Å². The number of hydrogen-bond donors (Lipinski definition) is 1. The molecule has 0 bridgehead atoms. The van der Waals surface area contributed by atoms with Crippen molar-refractivity contribution in [1.82, 2.24) is 4.98 Å².